The van der Waals surface area contributed by atoms with E-state index in [1.54, 1.807) is 24.4 Å². The Hall–Kier alpha value is -3.55. The molecule has 0 unspecified atom stereocenters. The van der Waals surface area contributed by atoms with Crippen LogP contribution in [0.25, 0.3) is 0 Å². The third-order valence-corrected chi connectivity index (χ3v) is 3.10. The lowest BCUT2D eigenvalue weighted by Crippen LogP contribution is -2.03. The minimum absolute atomic E-state index is 0.0551. The molecular formula is C16H13N5O3. The summed E-state index contributed by atoms with van der Waals surface area (Å²) in [5, 5.41) is 14.4. The molecule has 0 radical (unpaired) electrons. The molecule has 0 bridgehead atoms. The molecular weight excluding hydrogens is 310 g/mol. The van der Waals surface area contributed by atoms with Gasteiger partial charge >= 0.3 is 11.6 Å². The van der Waals surface area contributed by atoms with E-state index in [2.05, 4.69) is 20.3 Å². The van der Waals surface area contributed by atoms with Crippen LogP contribution in [0.3, 0.4) is 0 Å². The molecule has 0 aliphatic rings. The van der Waals surface area contributed by atoms with Crippen molar-refractivity contribution < 1.29 is 9.66 Å². The summed E-state index contributed by atoms with van der Waals surface area (Å²) in [6, 6.07) is 10.7. The number of anilines is 2. The predicted octanol–water partition coefficient (Wildman–Crippen LogP) is 3.62. The smallest absolute Gasteiger partial charge is 0.373 e. The maximum atomic E-state index is 11.5. The van der Waals surface area contributed by atoms with Crippen LogP contribution in [0, 0.1) is 17.0 Å². The molecule has 1 aromatic carbocycles. The van der Waals surface area contributed by atoms with Gasteiger partial charge in [0.25, 0.3) is 0 Å². The van der Waals surface area contributed by atoms with Gasteiger partial charge < -0.3 is 10.1 Å². The van der Waals surface area contributed by atoms with Crippen molar-refractivity contribution in [3.05, 3.63) is 70.8 Å². The third kappa shape index (κ3) is 3.43. The normalized spacial score (nSPS) is 10.2. The first-order valence-corrected chi connectivity index (χ1v) is 7.04. The van der Waals surface area contributed by atoms with Crippen molar-refractivity contribution in [1.82, 2.24) is 15.0 Å². The largest absolute Gasteiger partial charge is 0.432 e. The Labute approximate surface area is 137 Å². The van der Waals surface area contributed by atoms with Crippen LogP contribution in [0.4, 0.5) is 17.2 Å². The Morgan fingerprint density at radius 2 is 2.08 bits per heavy atom. The van der Waals surface area contributed by atoms with Crippen molar-refractivity contribution in [2.45, 2.75) is 6.92 Å². The van der Waals surface area contributed by atoms with Gasteiger partial charge in [-0.3, -0.25) is 15.1 Å². The fourth-order valence-corrected chi connectivity index (χ4v) is 2.07. The van der Waals surface area contributed by atoms with Gasteiger partial charge in [-0.15, -0.1) is 0 Å². The molecule has 0 saturated heterocycles. The van der Waals surface area contributed by atoms with Gasteiger partial charge in [-0.2, -0.15) is 4.98 Å². The second kappa shape index (κ2) is 6.69. The molecule has 8 heteroatoms. The zero-order valence-corrected chi connectivity index (χ0v) is 12.7. The van der Waals surface area contributed by atoms with Crippen molar-refractivity contribution in [2.24, 2.45) is 0 Å². The number of benzene rings is 1. The van der Waals surface area contributed by atoms with Crippen molar-refractivity contribution >= 4 is 17.2 Å². The molecule has 0 saturated carbocycles. The number of ether oxygens (including phenoxy) is 1. The predicted molar refractivity (Wildman–Crippen MR) is 87.5 cm³/mol. The van der Waals surface area contributed by atoms with Crippen molar-refractivity contribution in [3.8, 4) is 11.6 Å². The van der Waals surface area contributed by atoms with Crippen LogP contribution < -0.4 is 10.1 Å². The second-order valence-corrected chi connectivity index (χ2v) is 4.92. The number of hydrogen-bond acceptors (Lipinski definition) is 7. The quantitative estimate of drug-likeness (QED) is 0.565. The van der Waals surface area contributed by atoms with Crippen LogP contribution in [0.1, 0.15) is 5.56 Å². The Morgan fingerprint density at radius 1 is 1.21 bits per heavy atom. The molecule has 120 valence electrons. The molecule has 0 aliphatic heterocycles. The summed E-state index contributed by atoms with van der Waals surface area (Å²) in [5.41, 5.74) is 1.36. The number of pyridine rings is 1. The van der Waals surface area contributed by atoms with E-state index < -0.39 is 4.92 Å². The third-order valence-electron chi connectivity index (χ3n) is 3.10. The highest BCUT2D eigenvalue weighted by atomic mass is 16.6. The number of aryl methyl sites for hydroxylation is 1. The van der Waals surface area contributed by atoms with E-state index in [1.165, 1.54) is 12.5 Å². The van der Waals surface area contributed by atoms with Crippen molar-refractivity contribution in [2.75, 3.05) is 5.32 Å². The van der Waals surface area contributed by atoms with Gasteiger partial charge in [0.05, 0.1) is 11.1 Å². The maximum absolute atomic E-state index is 11.5. The Morgan fingerprint density at radius 3 is 2.79 bits per heavy atom. The Bertz CT molecular complexity index is 871. The van der Waals surface area contributed by atoms with E-state index in [0.29, 0.717) is 11.4 Å². The molecule has 3 aromatic rings. The summed E-state index contributed by atoms with van der Waals surface area (Å²) in [6.07, 6.45) is 4.22. The molecule has 0 fully saturated rings. The molecule has 0 atom stereocenters. The summed E-state index contributed by atoms with van der Waals surface area (Å²) in [6.45, 7) is 1.93. The number of aromatic nitrogens is 3. The molecule has 2 heterocycles. The van der Waals surface area contributed by atoms with Crippen molar-refractivity contribution in [1.29, 1.82) is 0 Å². The first kappa shape index (κ1) is 15.3. The standard InChI is InChI=1S/C16H13N5O3/c1-11-4-2-5-12(8-11)20-15-14(21(22)23)16(19-10-18-15)24-13-6-3-7-17-9-13/h2-10H,1H3,(H,18,19,20). The van der Waals surface area contributed by atoms with Gasteiger partial charge in [0.2, 0.25) is 5.82 Å². The van der Waals surface area contributed by atoms with E-state index in [0.717, 1.165) is 5.56 Å². The molecule has 2 aromatic heterocycles. The molecule has 8 nitrogen and oxygen atoms in total. The fraction of sp³-hybridized carbons (Fsp3) is 0.0625. The molecule has 0 spiro atoms. The summed E-state index contributed by atoms with van der Waals surface area (Å²) in [7, 11) is 0. The average Bonchev–Trinajstić information content (AvgIpc) is 2.56. The zero-order valence-electron chi connectivity index (χ0n) is 12.7. The number of nitrogens with one attached hydrogen (secondary N) is 1. The molecule has 1 N–H and O–H groups in total. The Kier molecular flexibility index (Phi) is 4.28. The van der Waals surface area contributed by atoms with Gasteiger partial charge in [0.15, 0.2) is 0 Å². The van der Waals surface area contributed by atoms with Crippen LogP contribution in [0.2, 0.25) is 0 Å². The summed E-state index contributed by atoms with van der Waals surface area (Å²) in [5.74, 6) is 0.249. The highest BCUT2D eigenvalue weighted by molar-refractivity contribution is 5.69. The minimum atomic E-state index is -0.580. The monoisotopic (exact) mass is 323 g/mol. The highest BCUT2D eigenvalue weighted by Gasteiger charge is 2.25. The maximum Gasteiger partial charge on any atom is 0.373 e. The van der Waals surface area contributed by atoms with E-state index in [-0.39, 0.29) is 17.4 Å². The van der Waals surface area contributed by atoms with Crippen LogP contribution in [0.15, 0.2) is 55.1 Å². The topological polar surface area (TPSA) is 103 Å². The zero-order chi connectivity index (χ0) is 16.9. The number of nitrogens with zero attached hydrogens (tertiary/aromatic N) is 4. The van der Waals surface area contributed by atoms with Gasteiger partial charge in [-0.25, -0.2) is 4.98 Å². The van der Waals surface area contributed by atoms with Crippen molar-refractivity contribution in [3.63, 3.8) is 0 Å². The molecule has 0 amide bonds. The summed E-state index contributed by atoms with van der Waals surface area (Å²) >= 11 is 0. The van der Waals surface area contributed by atoms with E-state index in [9.17, 15) is 10.1 Å². The number of nitro groups is 1. The van der Waals surface area contributed by atoms with E-state index >= 15 is 0 Å². The summed E-state index contributed by atoms with van der Waals surface area (Å²) in [4.78, 5) is 22.6. The SMILES string of the molecule is Cc1cccc(Nc2ncnc(Oc3cccnc3)c2[N+](=O)[O-])c1. The number of hydrogen-bond donors (Lipinski definition) is 1. The van der Waals surface area contributed by atoms with E-state index in [4.69, 9.17) is 4.74 Å². The average molecular weight is 323 g/mol. The first-order valence-electron chi connectivity index (χ1n) is 7.04. The highest BCUT2D eigenvalue weighted by Crippen LogP contribution is 2.35. The van der Waals surface area contributed by atoms with Crippen LogP contribution in [-0.4, -0.2) is 19.9 Å². The van der Waals surface area contributed by atoms with Gasteiger partial charge in [-0.05, 0) is 36.8 Å². The van der Waals surface area contributed by atoms with Gasteiger partial charge in [-0.1, -0.05) is 12.1 Å². The molecule has 0 aliphatic carbocycles. The fourth-order valence-electron chi connectivity index (χ4n) is 2.07. The van der Waals surface area contributed by atoms with Gasteiger partial charge in [0, 0.05) is 11.9 Å². The first-order chi connectivity index (χ1) is 11.6. The van der Waals surface area contributed by atoms with Crippen LogP contribution in [0.5, 0.6) is 11.6 Å². The molecule has 24 heavy (non-hydrogen) atoms. The Balaban J connectivity index is 1.97. The summed E-state index contributed by atoms with van der Waals surface area (Å²) < 4.78 is 5.48. The van der Waals surface area contributed by atoms with Gasteiger partial charge in [0.1, 0.15) is 12.1 Å². The lowest BCUT2D eigenvalue weighted by molar-refractivity contribution is -0.385. The van der Waals surface area contributed by atoms with Crippen LogP contribution >= 0.6 is 0 Å². The molecule has 3 rings (SSSR count). The van der Waals surface area contributed by atoms with E-state index in [1.807, 2.05) is 25.1 Å². The minimum Gasteiger partial charge on any atom is -0.432 e. The second-order valence-electron chi connectivity index (χ2n) is 4.92. The van der Waals surface area contributed by atoms with Crippen LogP contribution in [-0.2, 0) is 0 Å². The lowest BCUT2D eigenvalue weighted by atomic mass is 10.2. The number of rotatable bonds is 5. The lowest BCUT2D eigenvalue weighted by Gasteiger charge is -2.09.